The van der Waals surface area contributed by atoms with E-state index in [0.29, 0.717) is 6.42 Å². The maximum atomic E-state index is 10.9. The second-order valence-corrected chi connectivity index (χ2v) is 4.31. The average Bonchev–Trinajstić information content (AvgIpc) is 1.86. The zero-order valence-corrected chi connectivity index (χ0v) is 10.9. The standard InChI is InChI=1S/C6H10O4S.K.H/c7-5-3-1-2-4-6(5)11(8,9)10;;/h6H,1-4H2,(H,8,9,10);;/q;+1;-1. The summed E-state index contributed by atoms with van der Waals surface area (Å²) in [6.45, 7) is 0. The van der Waals surface area contributed by atoms with E-state index in [-0.39, 0.29) is 71.4 Å². The molecule has 0 aromatic rings. The van der Waals surface area contributed by atoms with E-state index in [1.54, 1.807) is 0 Å². The monoisotopic (exact) mass is 218 g/mol. The van der Waals surface area contributed by atoms with Gasteiger partial charge >= 0.3 is 51.4 Å². The molecule has 1 saturated carbocycles. The van der Waals surface area contributed by atoms with Crippen molar-refractivity contribution in [3.8, 4) is 0 Å². The number of carbonyl (C=O) groups is 1. The zero-order chi connectivity index (χ0) is 8.48. The summed E-state index contributed by atoms with van der Waals surface area (Å²) in [7, 11) is -4.12. The molecule has 0 aliphatic heterocycles. The molecule has 1 N–H and O–H groups in total. The van der Waals surface area contributed by atoms with Gasteiger partial charge in [-0.05, 0) is 12.8 Å². The van der Waals surface area contributed by atoms with Crippen LogP contribution in [0.2, 0.25) is 0 Å². The van der Waals surface area contributed by atoms with Crippen LogP contribution in [0.3, 0.4) is 0 Å². The molecule has 0 radical (unpaired) electrons. The van der Waals surface area contributed by atoms with Gasteiger partial charge in [0.25, 0.3) is 10.1 Å². The maximum Gasteiger partial charge on any atom is 1.00 e. The molecule has 1 aliphatic rings. The van der Waals surface area contributed by atoms with Gasteiger partial charge in [-0.3, -0.25) is 9.35 Å². The fourth-order valence-electron chi connectivity index (χ4n) is 1.27. The fourth-order valence-corrected chi connectivity index (χ4v) is 2.18. The van der Waals surface area contributed by atoms with Crippen LogP contribution in [-0.4, -0.2) is 24.0 Å². The van der Waals surface area contributed by atoms with E-state index in [4.69, 9.17) is 4.55 Å². The molecule has 0 saturated heterocycles. The summed E-state index contributed by atoms with van der Waals surface area (Å²) >= 11 is 0. The maximum absolute atomic E-state index is 10.9. The van der Waals surface area contributed by atoms with Gasteiger partial charge in [0.1, 0.15) is 5.25 Å². The summed E-state index contributed by atoms with van der Waals surface area (Å²) in [6, 6.07) is 0. The van der Waals surface area contributed by atoms with Crippen LogP contribution < -0.4 is 51.4 Å². The molecule has 1 unspecified atom stereocenters. The molecule has 0 bridgehead atoms. The Kier molecular flexibility index (Phi) is 5.71. The molecule has 1 atom stereocenters. The molecule has 1 fully saturated rings. The number of carbonyl (C=O) groups excluding carboxylic acids is 1. The number of ketones is 1. The third-order valence-electron chi connectivity index (χ3n) is 1.86. The minimum atomic E-state index is -4.12. The molecule has 0 amide bonds. The van der Waals surface area contributed by atoms with Crippen LogP contribution in [0.15, 0.2) is 0 Å². The third-order valence-corrected chi connectivity index (χ3v) is 3.08. The Morgan fingerprint density at radius 1 is 1.42 bits per heavy atom. The van der Waals surface area contributed by atoms with Crippen LogP contribution >= 0.6 is 0 Å². The SMILES string of the molecule is O=C1CCCCC1S(=O)(=O)O.[H-].[K+]. The molecular weight excluding hydrogens is 207 g/mol. The Morgan fingerprint density at radius 3 is 2.33 bits per heavy atom. The van der Waals surface area contributed by atoms with Crippen molar-refractivity contribution < 1.29 is 70.6 Å². The first kappa shape index (κ1) is 13.2. The minimum Gasteiger partial charge on any atom is -1.00 e. The van der Waals surface area contributed by atoms with Gasteiger partial charge in [0, 0.05) is 6.42 Å². The van der Waals surface area contributed by atoms with Crippen molar-refractivity contribution in [2.45, 2.75) is 30.9 Å². The fraction of sp³-hybridized carbons (Fsp3) is 0.833. The molecule has 1 aliphatic carbocycles. The molecule has 0 aromatic heterocycles. The van der Waals surface area contributed by atoms with Crippen LogP contribution in [-0.2, 0) is 14.9 Å². The first-order valence-electron chi connectivity index (χ1n) is 3.51. The third kappa shape index (κ3) is 3.53. The van der Waals surface area contributed by atoms with E-state index in [9.17, 15) is 13.2 Å². The number of hydrogen-bond donors (Lipinski definition) is 1. The van der Waals surface area contributed by atoms with Gasteiger partial charge in [0.15, 0.2) is 5.78 Å². The Hall–Kier alpha value is 1.22. The average molecular weight is 218 g/mol. The predicted molar refractivity (Wildman–Crippen MR) is 39.9 cm³/mol. The van der Waals surface area contributed by atoms with Crippen molar-refractivity contribution in [2.75, 3.05) is 0 Å². The van der Waals surface area contributed by atoms with Crippen molar-refractivity contribution in [2.24, 2.45) is 0 Å². The number of rotatable bonds is 1. The van der Waals surface area contributed by atoms with Gasteiger partial charge in [-0.1, -0.05) is 6.42 Å². The Balaban J connectivity index is 0. The Labute approximate surface area is 116 Å². The molecule has 0 heterocycles. The van der Waals surface area contributed by atoms with Crippen molar-refractivity contribution >= 4 is 15.9 Å². The van der Waals surface area contributed by atoms with Crippen molar-refractivity contribution in [3.63, 3.8) is 0 Å². The summed E-state index contributed by atoms with van der Waals surface area (Å²) in [5.41, 5.74) is 0. The Morgan fingerprint density at radius 2 is 2.00 bits per heavy atom. The predicted octanol–water partition coefficient (Wildman–Crippen LogP) is -2.50. The van der Waals surface area contributed by atoms with Crippen LogP contribution in [0.4, 0.5) is 0 Å². The first-order valence-corrected chi connectivity index (χ1v) is 5.01. The normalized spacial score (nSPS) is 24.8. The zero-order valence-electron chi connectivity index (χ0n) is 7.99. The molecule has 12 heavy (non-hydrogen) atoms. The van der Waals surface area contributed by atoms with Crippen molar-refractivity contribution in [1.29, 1.82) is 0 Å². The minimum absolute atomic E-state index is 0. The summed E-state index contributed by atoms with van der Waals surface area (Å²) in [6.07, 6.45) is 2.00. The largest absolute Gasteiger partial charge is 1.00 e. The van der Waals surface area contributed by atoms with Gasteiger partial charge in [-0.15, -0.1) is 0 Å². The molecule has 66 valence electrons. The van der Waals surface area contributed by atoms with E-state index >= 15 is 0 Å². The summed E-state index contributed by atoms with van der Waals surface area (Å²) < 4.78 is 29.6. The van der Waals surface area contributed by atoms with E-state index in [2.05, 4.69) is 0 Å². The molecule has 0 spiro atoms. The van der Waals surface area contributed by atoms with Crippen LogP contribution in [0.5, 0.6) is 0 Å². The van der Waals surface area contributed by atoms with E-state index < -0.39 is 15.4 Å². The quantitative estimate of drug-likeness (QED) is 0.390. The second-order valence-electron chi connectivity index (χ2n) is 2.72. The van der Waals surface area contributed by atoms with Gasteiger partial charge < -0.3 is 1.43 Å². The van der Waals surface area contributed by atoms with Gasteiger partial charge in [0.05, 0.1) is 0 Å². The van der Waals surface area contributed by atoms with Crippen LogP contribution in [0, 0.1) is 0 Å². The molecular formula is C6H11KO4S. The summed E-state index contributed by atoms with van der Waals surface area (Å²) in [5.74, 6) is -0.348. The number of hydrogen-bond acceptors (Lipinski definition) is 3. The summed E-state index contributed by atoms with van der Waals surface area (Å²) in [4.78, 5) is 10.9. The van der Waals surface area contributed by atoms with E-state index in [1.807, 2.05) is 0 Å². The first-order chi connectivity index (χ1) is 5.02. The van der Waals surface area contributed by atoms with Gasteiger partial charge in [0.2, 0.25) is 0 Å². The van der Waals surface area contributed by atoms with Crippen LogP contribution in [0.25, 0.3) is 0 Å². The molecule has 1 rings (SSSR count). The molecule has 6 heteroatoms. The van der Waals surface area contributed by atoms with Crippen molar-refractivity contribution in [1.82, 2.24) is 0 Å². The van der Waals surface area contributed by atoms with Crippen molar-refractivity contribution in [3.05, 3.63) is 0 Å². The smallest absolute Gasteiger partial charge is 1.00 e. The topological polar surface area (TPSA) is 71.4 Å². The summed E-state index contributed by atoms with van der Waals surface area (Å²) in [5, 5.41) is -1.14. The van der Waals surface area contributed by atoms with E-state index in [0.717, 1.165) is 6.42 Å². The van der Waals surface area contributed by atoms with Gasteiger partial charge in [-0.2, -0.15) is 8.42 Å². The number of Topliss-reactive ketones (excluding diaryl/α,β-unsaturated/α-hetero) is 1. The van der Waals surface area contributed by atoms with Crippen LogP contribution in [0.1, 0.15) is 27.1 Å². The molecule has 4 nitrogen and oxygen atoms in total. The molecule has 0 aromatic carbocycles. The van der Waals surface area contributed by atoms with Gasteiger partial charge in [-0.25, -0.2) is 0 Å². The van der Waals surface area contributed by atoms with E-state index in [1.165, 1.54) is 0 Å². The second kappa shape index (κ2) is 5.19. The Bertz CT molecular complexity index is 264.